The van der Waals surface area contributed by atoms with E-state index in [0.717, 1.165) is 51.1 Å². The van der Waals surface area contributed by atoms with E-state index in [4.69, 9.17) is 4.99 Å². The average Bonchev–Trinajstić information content (AvgIpc) is 2.48. The minimum atomic E-state index is 0.543. The van der Waals surface area contributed by atoms with Crippen molar-refractivity contribution in [2.24, 2.45) is 10.9 Å². The smallest absolute Gasteiger partial charge is 0.193 e. The summed E-state index contributed by atoms with van der Waals surface area (Å²) in [5, 5.41) is 3.48. The number of guanidine groups is 1. The van der Waals surface area contributed by atoms with E-state index >= 15 is 0 Å². The van der Waals surface area contributed by atoms with Gasteiger partial charge in [0, 0.05) is 45.3 Å². The Morgan fingerprint density at radius 1 is 1.14 bits per heavy atom. The molecule has 21 heavy (non-hydrogen) atoms. The Balaban J connectivity index is 1.93. The molecule has 0 radical (unpaired) electrons. The Kier molecular flexibility index (Phi) is 6.30. The number of likely N-dealkylation sites (N-methyl/N-ethyl adjacent to an activating group) is 2. The lowest BCUT2D eigenvalue weighted by Gasteiger charge is -2.37. The molecule has 1 atom stereocenters. The third-order valence-corrected chi connectivity index (χ3v) is 4.85. The number of nitrogens with zero attached hydrogens (tertiary/aromatic N) is 4. The predicted octanol–water partition coefficient (Wildman–Crippen LogP) is 0.930. The number of rotatable bonds is 3. The van der Waals surface area contributed by atoms with Gasteiger partial charge in [0.2, 0.25) is 0 Å². The van der Waals surface area contributed by atoms with Crippen molar-refractivity contribution in [2.45, 2.75) is 32.7 Å². The molecule has 2 fully saturated rings. The summed E-state index contributed by atoms with van der Waals surface area (Å²) in [4.78, 5) is 12.2. The lowest BCUT2D eigenvalue weighted by molar-refractivity contribution is 0.119. The molecule has 2 saturated heterocycles. The van der Waals surface area contributed by atoms with Gasteiger partial charge in [-0.3, -0.25) is 9.89 Å². The van der Waals surface area contributed by atoms with Crippen LogP contribution >= 0.6 is 0 Å². The van der Waals surface area contributed by atoms with Crippen molar-refractivity contribution in [1.29, 1.82) is 0 Å². The Bertz CT molecular complexity index is 336. The van der Waals surface area contributed by atoms with E-state index < -0.39 is 0 Å². The number of hydrogen-bond acceptors (Lipinski definition) is 3. The highest BCUT2D eigenvalue weighted by molar-refractivity contribution is 5.80. The Labute approximate surface area is 130 Å². The molecule has 0 bridgehead atoms. The van der Waals surface area contributed by atoms with Crippen molar-refractivity contribution in [1.82, 2.24) is 20.0 Å². The van der Waals surface area contributed by atoms with Crippen molar-refractivity contribution in [3.05, 3.63) is 0 Å². The van der Waals surface area contributed by atoms with E-state index in [1.165, 1.54) is 19.4 Å². The normalized spacial score (nSPS) is 27.1. The first-order chi connectivity index (χ1) is 10.1. The van der Waals surface area contributed by atoms with Crippen LogP contribution in [0.1, 0.15) is 26.7 Å². The van der Waals surface area contributed by atoms with Gasteiger partial charge in [-0.1, -0.05) is 6.92 Å². The number of nitrogens with one attached hydrogen (secondary N) is 1. The van der Waals surface area contributed by atoms with Crippen molar-refractivity contribution in [2.75, 3.05) is 59.9 Å². The molecule has 0 aliphatic carbocycles. The first-order valence-electron chi connectivity index (χ1n) is 8.52. The molecule has 2 rings (SSSR count). The molecule has 0 amide bonds. The fourth-order valence-corrected chi connectivity index (χ4v) is 3.14. The van der Waals surface area contributed by atoms with Crippen LogP contribution < -0.4 is 5.32 Å². The fourth-order valence-electron chi connectivity index (χ4n) is 3.14. The molecule has 5 heteroatoms. The summed E-state index contributed by atoms with van der Waals surface area (Å²) in [7, 11) is 4.43. The average molecular weight is 295 g/mol. The van der Waals surface area contributed by atoms with Gasteiger partial charge < -0.3 is 15.1 Å². The van der Waals surface area contributed by atoms with Gasteiger partial charge in [0.1, 0.15) is 0 Å². The number of piperazine rings is 1. The molecule has 122 valence electrons. The maximum absolute atomic E-state index is 4.93. The van der Waals surface area contributed by atoms with E-state index in [2.05, 4.69) is 48.0 Å². The summed E-state index contributed by atoms with van der Waals surface area (Å²) in [5.41, 5.74) is 0. The van der Waals surface area contributed by atoms with Crippen LogP contribution in [0.2, 0.25) is 0 Å². The molecule has 0 spiro atoms. The molecule has 0 aromatic carbocycles. The molecular weight excluding hydrogens is 262 g/mol. The molecular formula is C16H33N5. The van der Waals surface area contributed by atoms with Gasteiger partial charge in [-0.2, -0.15) is 0 Å². The minimum absolute atomic E-state index is 0.543. The summed E-state index contributed by atoms with van der Waals surface area (Å²) >= 11 is 0. The Hall–Kier alpha value is -0.810. The fraction of sp³-hybridized carbons (Fsp3) is 0.938. The van der Waals surface area contributed by atoms with E-state index in [1.807, 2.05) is 0 Å². The largest absolute Gasteiger partial charge is 0.357 e. The molecule has 2 aliphatic rings. The van der Waals surface area contributed by atoms with Crippen LogP contribution in [0.3, 0.4) is 0 Å². The molecule has 2 aliphatic heterocycles. The van der Waals surface area contributed by atoms with Crippen LogP contribution in [0.4, 0.5) is 0 Å². The molecule has 5 nitrogen and oxygen atoms in total. The van der Waals surface area contributed by atoms with Gasteiger partial charge in [-0.25, -0.2) is 0 Å². The van der Waals surface area contributed by atoms with Crippen molar-refractivity contribution < 1.29 is 0 Å². The SMILES string of the molecule is CCNC(=NCC1CN(C)CCN1C)N1CCC(C)CC1. The number of hydrogen-bond donors (Lipinski definition) is 1. The van der Waals surface area contributed by atoms with Crippen LogP contribution in [-0.4, -0.2) is 86.6 Å². The quantitative estimate of drug-likeness (QED) is 0.620. The van der Waals surface area contributed by atoms with Crippen LogP contribution in [-0.2, 0) is 0 Å². The Morgan fingerprint density at radius 3 is 2.52 bits per heavy atom. The van der Waals surface area contributed by atoms with Gasteiger partial charge in [-0.05, 0) is 39.8 Å². The Morgan fingerprint density at radius 2 is 1.86 bits per heavy atom. The summed E-state index contributed by atoms with van der Waals surface area (Å²) < 4.78 is 0. The first kappa shape index (κ1) is 16.6. The van der Waals surface area contributed by atoms with Crippen LogP contribution in [0.15, 0.2) is 4.99 Å². The van der Waals surface area contributed by atoms with Crippen LogP contribution in [0, 0.1) is 5.92 Å². The standard InChI is InChI=1S/C16H33N5/c1-5-17-16(21-8-6-14(2)7-9-21)18-12-15-13-19(3)10-11-20(15)4/h14-15H,5-13H2,1-4H3,(H,17,18). The second-order valence-electron chi connectivity index (χ2n) is 6.76. The molecule has 1 unspecified atom stereocenters. The van der Waals surface area contributed by atoms with Gasteiger partial charge in [0.05, 0.1) is 6.54 Å². The van der Waals surface area contributed by atoms with E-state index in [9.17, 15) is 0 Å². The van der Waals surface area contributed by atoms with Crippen LogP contribution in [0.5, 0.6) is 0 Å². The van der Waals surface area contributed by atoms with E-state index in [0.29, 0.717) is 6.04 Å². The summed E-state index contributed by atoms with van der Waals surface area (Å²) in [5.74, 6) is 1.98. The number of piperidine rings is 1. The molecule has 2 heterocycles. The third kappa shape index (κ3) is 4.85. The zero-order chi connectivity index (χ0) is 15.2. The van der Waals surface area contributed by atoms with Crippen molar-refractivity contribution in [3.63, 3.8) is 0 Å². The van der Waals surface area contributed by atoms with Gasteiger partial charge in [0.15, 0.2) is 5.96 Å². The maximum Gasteiger partial charge on any atom is 0.193 e. The van der Waals surface area contributed by atoms with Gasteiger partial charge >= 0.3 is 0 Å². The van der Waals surface area contributed by atoms with E-state index in [1.54, 1.807) is 0 Å². The highest BCUT2D eigenvalue weighted by Crippen LogP contribution is 2.16. The summed E-state index contributed by atoms with van der Waals surface area (Å²) in [6.45, 7) is 12.1. The predicted molar refractivity (Wildman–Crippen MR) is 89.9 cm³/mol. The first-order valence-corrected chi connectivity index (χ1v) is 8.52. The van der Waals surface area contributed by atoms with Crippen LogP contribution in [0.25, 0.3) is 0 Å². The zero-order valence-corrected chi connectivity index (χ0v) is 14.3. The van der Waals surface area contributed by atoms with E-state index in [-0.39, 0.29) is 0 Å². The van der Waals surface area contributed by atoms with Gasteiger partial charge in [0.25, 0.3) is 0 Å². The maximum atomic E-state index is 4.93. The zero-order valence-electron chi connectivity index (χ0n) is 14.3. The molecule has 0 saturated carbocycles. The second-order valence-corrected chi connectivity index (χ2v) is 6.76. The lowest BCUT2D eigenvalue weighted by atomic mass is 10.00. The monoisotopic (exact) mass is 295 g/mol. The number of aliphatic imine (C=N–C) groups is 1. The topological polar surface area (TPSA) is 34.1 Å². The molecule has 1 N–H and O–H groups in total. The minimum Gasteiger partial charge on any atom is -0.357 e. The summed E-state index contributed by atoms with van der Waals surface area (Å²) in [6.07, 6.45) is 2.58. The number of likely N-dealkylation sites (tertiary alicyclic amines) is 1. The lowest BCUT2D eigenvalue weighted by Crippen LogP contribution is -2.52. The van der Waals surface area contributed by atoms with Crippen molar-refractivity contribution in [3.8, 4) is 0 Å². The van der Waals surface area contributed by atoms with Crippen molar-refractivity contribution >= 4 is 5.96 Å². The molecule has 0 aromatic rings. The van der Waals surface area contributed by atoms with Gasteiger partial charge in [-0.15, -0.1) is 0 Å². The second kappa shape index (κ2) is 7.99. The summed E-state index contributed by atoms with van der Waals surface area (Å²) in [6, 6.07) is 0.543. The highest BCUT2D eigenvalue weighted by Gasteiger charge is 2.23. The molecule has 0 aromatic heterocycles. The highest BCUT2D eigenvalue weighted by atomic mass is 15.3. The third-order valence-electron chi connectivity index (χ3n) is 4.85.